The van der Waals surface area contributed by atoms with E-state index < -0.39 is 0 Å². The van der Waals surface area contributed by atoms with E-state index in [1.165, 1.54) is 7.11 Å². The number of methoxy groups -OCH3 is 2. The topological polar surface area (TPSA) is 47.6 Å². The Kier molecular flexibility index (Phi) is 5.90. The molecule has 0 aliphatic heterocycles. The fraction of sp³-hybridized carbons (Fsp3) is 0.167. The predicted molar refractivity (Wildman–Crippen MR) is 90.2 cm³/mol. The number of amides is 1. The van der Waals surface area contributed by atoms with Gasteiger partial charge < -0.3 is 14.8 Å². The minimum atomic E-state index is -0.230. The number of hydrogen-bond acceptors (Lipinski definition) is 3. The Morgan fingerprint density at radius 3 is 2.61 bits per heavy atom. The van der Waals surface area contributed by atoms with Gasteiger partial charge in [-0.15, -0.1) is 0 Å². The molecule has 2 aromatic carbocycles. The summed E-state index contributed by atoms with van der Waals surface area (Å²) in [5.74, 6) is 6.67. The second-order valence-electron chi connectivity index (χ2n) is 4.56. The van der Waals surface area contributed by atoms with E-state index in [1.807, 2.05) is 12.1 Å². The molecule has 2 aromatic rings. The molecule has 0 saturated carbocycles. The van der Waals surface area contributed by atoms with Gasteiger partial charge in [0.25, 0.3) is 5.91 Å². The van der Waals surface area contributed by atoms with Crippen molar-refractivity contribution in [3.05, 3.63) is 58.6 Å². The van der Waals surface area contributed by atoms with Crippen LogP contribution >= 0.6 is 11.6 Å². The third-order valence-corrected chi connectivity index (χ3v) is 3.28. The molecular weight excluding hydrogens is 314 g/mol. The molecule has 118 valence electrons. The Morgan fingerprint density at radius 1 is 1.13 bits per heavy atom. The lowest BCUT2D eigenvalue weighted by molar-refractivity contribution is 0.0958. The second kappa shape index (κ2) is 8.11. The van der Waals surface area contributed by atoms with Crippen LogP contribution in [0.1, 0.15) is 15.9 Å². The highest BCUT2D eigenvalue weighted by Crippen LogP contribution is 2.27. The molecule has 0 spiro atoms. The normalized spacial score (nSPS) is 9.52. The van der Waals surface area contributed by atoms with E-state index in [1.54, 1.807) is 37.4 Å². The SMILES string of the molecule is COc1ccc(C(=O)NCC#Cc2cccc(Cl)c2)cc1OC. The van der Waals surface area contributed by atoms with Crippen LogP contribution in [0.25, 0.3) is 0 Å². The number of nitrogens with one attached hydrogen (secondary N) is 1. The van der Waals surface area contributed by atoms with Gasteiger partial charge in [0.15, 0.2) is 11.5 Å². The molecule has 0 fully saturated rings. The van der Waals surface area contributed by atoms with Crippen LogP contribution in [0.2, 0.25) is 5.02 Å². The quantitative estimate of drug-likeness (QED) is 0.877. The number of carbonyl (C=O) groups is 1. The van der Waals surface area contributed by atoms with Gasteiger partial charge in [0.05, 0.1) is 20.8 Å². The van der Waals surface area contributed by atoms with E-state index in [0.29, 0.717) is 22.1 Å². The Bertz CT molecular complexity index is 762. The summed E-state index contributed by atoms with van der Waals surface area (Å²) in [6.07, 6.45) is 0. The third kappa shape index (κ3) is 4.67. The highest BCUT2D eigenvalue weighted by atomic mass is 35.5. The second-order valence-corrected chi connectivity index (χ2v) is 5.00. The molecular formula is C18H16ClNO3. The van der Waals surface area contributed by atoms with Gasteiger partial charge in [-0.25, -0.2) is 0 Å². The Labute approximate surface area is 140 Å². The molecule has 0 aromatic heterocycles. The van der Waals surface area contributed by atoms with Gasteiger partial charge in [-0.3, -0.25) is 4.79 Å². The molecule has 0 saturated heterocycles. The van der Waals surface area contributed by atoms with Crippen LogP contribution in [0.4, 0.5) is 0 Å². The zero-order valence-corrected chi connectivity index (χ0v) is 13.6. The first-order valence-corrected chi connectivity index (χ1v) is 7.26. The first-order valence-electron chi connectivity index (χ1n) is 6.88. The average molecular weight is 330 g/mol. The number of rotatable bonds is 4. The summed E-state index contributed by atoms with van der Waals surface area (Å²) in [6, 6.07) is 12.2. The van der Waals surface area contributed by atoms with Crippen LogP contribution in [0.5, 0.6) is 11.5 Å². The number of benzene rings is 2. The van der Waals surface area contributed by atoms with Crippen molar-refractivity contribution in [1.82, 2.24) is 5.32 Å². The van der Waals surface area contributed by atoms with Crippen LogP contribution in [0, 0.1) is 11.8 Å². The minimum Gasteiger partial charge on any atom is -0.493 e. The lowest BCUT2D eigenvalue weighted by Gasteiger charge is -2.09. The fourth-order valence-electron chi connectivity index (χ4n) is 1.92. The standard InChI is InChI=1S/C18H16ClNO3/c1-22-16-9-8-14(12-17(16)23-2)18(21)20-10-4-6-13-5-3-7-15(19)11-13/h3,5,7-9,11-12H,10H2,1-2H3,(H,20,21). The van der Waals surface area contributed by atoms with Gasteiger partial charge in [0.2, 0.25) is 0 Å². The first kappa shape index (κ1) is 16.7. The van der Waals surface area contributed by atoms with E-state index in [4.69, 9.17) is 21.1 Å². The summed E-state index contributed by atoms with van der Waals surface area (Å²) in [5.41, 5.74) is 1.28. The number of carbonyl (C=O) groups excluding carboxylic acids is 1. The highest BCUT2D eigenvalue weighted by molar-refractivity contribution is 6.30. The summed E-state index contributed by atoms with van der Waals surface area (Å²) in [5, 5.41) is 3.36. The van der Waals surface area contributed by atoms with Crippen molar-refractivity contribution in [2.45, 2.75) is 0 Å². The summed E-state index contributed by atoms with van der Waals surface area (Å²) in [6.45, 7) is 0.236. The van der Waals surface area contributed by atoms with Crippen LogP contribution in [-0.4, -0.2) is 26.7 Å². The van der Waals surface area contributed by atoms with E-state index in [2.05, 4.69) is 17.2 Å². The van der Waals surface area contributed by atoms with E-state index in [9.17, 15) is 4.79 Å². The van der Waals surface area contributed by atoms with Crippen molar-refractivity contribution < 1.29 is 14.3 Å². The van der Waals surface area contributed by atoms with Crippen molar-refractivity contribution in [1.29, 1.82) is 0 Å². The monoisotopic (exact) mass is 329 g/mol. The van der Waals surface area contributed by atoms with Crippen LogP contribution in [0.15, 0.2) is 42.5 Å². The zero-order chi connectivity index (χ0) is 16.7. The molecule has 0 bridgehead atoms. The molecule has 0 unspecified atom stereocenters. The zero-order valence-electron chi connectivity index (χ0n) is 12.9. The van der Waals surface area contributed by atoms with Gasteiger partial charge >= 0.3 is 0 Å². The summed E-state index contributed by atoms with van der Waals surface area (Å²) in [7, 11) is 3.07. The molecule has 5 heteroatoms. The summed E-state index contributed by atoms with van der Waals surface area (Å²) in [4.78, 5) is 12.1. The number of hydrogen-bond donors (Lipinski definition) is 1. The van der Waals surface area contributed by atoms with Gasteiger partial charge in [-0.1, -0.05) is 29.5 Å². The van der Waals surface area contributed by atoms with Gasteiger partial charge in [0.1, 0.15) is 0 Å². The molecule has 23 heavy (non-hydrogen) atoms. The number of ether oxygens (including phenoxy) is 2. The van der Waals surface area contributed by atoms with E-state index >= 15 is 0 Å². The van der Waals surface area contributed by atoms with Crippen molar-refractivity contribution >= 4 is 17.5 Å². The maximum Gasteiger partial charge on any atom is 0.252 e. The van der Waals surface area contributed by atoms with Crippen molar-refractivity contribution in [3.8, 4) is 23.3 Å². The van der Waals surface area contributed by atoms with Gasteiger partial charge in [-0.05, 0) is 36.4 Å². The van der Waals surface area contributed by atoms with Crippen LogP contribution < -0.4 is 14.8 Å². The minimum absolute atomic E-state index is 0.230. The lowest BCUT2D eigenvalue weighted by atomic mass is 10.2. The van der Waals surface area contributed by atoms with Crippen molar-refractivity contribution in [2.75, 3.05) is 20.8 Å². The van der Waals surface area contributed by atoms with Crippen molar-refractivity contribution in [2.24, 2.45) is 0 Å². The molecule has 0 heterocycles. The molecule has 0 aliphatic carbocycles. The van der Waals surface area contributed by atoms with E-state index in [-0.39, 0.29) is 12.5 Å². The Balaban J connectivity index is 1.98. The maximum absolute atomic E-state index is 12.1. The average Bonchev–Trinajstić information content (AvgIpc) is 2.58. The largest absolute Gasteiger partial charge is 0.493 e. The van der Waals surface area contributed by atoms with Gasteiger partial charge in [0, 0.05) is 16.1 Å². The van der Waals surface area contributed by atoms with Gasteiger partial charge in [-0.2, -0.15) is 0 Å². The Morgan fingerprint density at radius 2 is 1.91 bits per heavy atom. The van der Waals surface area contributed by atoms with Crippen LogP contribution in [-0.2, 0) is 0 Å². The molecule has 2 rings (SSSR count). The molecule has 4 nitrogen and oxygen atoms in total. The third-order valence-electron chi connectivity index (χ3n) is 3.04. The predicted octanol–water partition coefficient (Wildman–Crippen LogP) is 3.14. The lowest BCUT2D eigenvalue weighted by Crippen LogP contribution is -2.23. The van der Waals surface area contributed by atoms with E-state index in [0.717, 1.165) is 5.56 Å². The maximum atomic E-state index is 12.1. The van der Waals surface area contributed by atoms with Crippen molar-refractivity contribution in [3.63, 3.8) is 0 Å². The molecule has 0 aliphatic rings. The fourth-order valence-corrected chi connectivity index (χ4v) is 2.11. The smallest absolute Gasteiger partial charge is 0.252 e. The first-order chi connectivity index (χ1) is 11.1. The highest BCUT2D eigenvalue weighted by Gasteiger charge is 2.09. The molecule has 0 atom stereocenters. The molecule has 0 radical (unpaired) electrons. The molecule has 1 amide bonds. The summed E-state index contributed by atoms with van der Waals surface area (Å²) >= 11 is 5.88. The number of halogens is 1. The summed E-state index contributed by atoms with van der Waals surface area (Å²) < 4.78 is 10.3. The van der Waals surface area contributed by atoms with Crippen LogP contribution in [0.3, 0.4) is 0 Å². The Hall–Kier alpha value is -2.64. The molecule has 1 N–H and O–H groups in total.